The molecule has 1 aromatic carbocycles. The normalized spacial score (nSPS) is 25.1. The molecule has 3 heterocycles. The van der Waals surface area contributed by atoms with Gasteiger partial charge in [0.25, 0.3) is 5.56 Å². The van der Waals surface area contributed by atoms with Crippen molar-refractivity contribution in [3.05, 3.63) is 39.7 Å². The van der Waals surface area contributed by atoms with Crippen LogP contribution in [0.1, 0.15) is 15.9 Å². The lowest BCUT2D eigenvalue weighted by molar-refractivity contribution is 0.0691. The third-order valence-corrected chi connectivity index (χ3v) is 5.97. The maximum Gasteiger partial charge on any atom is 0.345 e. The minimum atomic E-state index is -1.46. The maximum absolute atomic E-state index is 12.2. The first-order valence-electron chi connectivity index (χ1n) is 8.95. The van der Waals surface area contributed by atoms with Gasteiger partial charge in [-0.3, -0.25) is 4.79 Å². The molecule has 5 N–H and O–H groups in total. The van der Waals surface area contributed by atoms with Crippen molar-refractivity contribution in [2.45, 2.75) is 12.5 Å². The fraction of sp³-hybridized carbons (Fsp3) is 0.368. The number of carbonyl (C=O) groups is 1. The minimum absolute atomic E-state index is 0.276. The summed E-state index contributed by atoms with van der Waals surface area (Å²) in [6.45, 7) is 2.14. The van der Waals surface area contributed by atoms with Crippen LogP contribution in [0, 0.1) is 11.8 Å². The molecule has 3 aliphatic rings. The minimum Gasteiger partial charge on any atom is -0.506 e. The second-order valence-electron chi connectivity index (χ2n) is 7.43. The van der Waals surface area contributed by atoms with Gasteiger partial charge in [-0.25, -0.2) is 4.79 Å². The predicted octanol–water partition coefficient (Wildman–Crippen LogP) is 0.774. The topological polar surface area (TPSA) is 129 Å². The summed E-state index contributed by atoms with van der Waals surface area (Å²) in [5.74, 6) is -0.214. The zero-order valence-corrected chi connectivity index (χ0v) is 14.4. The monoisotopic (exact) mass is 369 g/mol. The van der Waals surface area contributed by atoms with Crippen LogP contribution in [-0.2, 0) is 6.42 Å². The van der Waals surface area contributed by atoms with E-state index in [1.807, 2.05) is 18.2 Å². The average Bonchev–Trinajstić information content (AvgIpc) is 3.06. The van der Waals surface area contributed by atoms with Crippen molar-refractivity contribution in [1.29, 1.82) is 0 Å². The van der Waals surface area contributed by atoms with Gasteiger partial charge in [0.15, 0.2) is 5.56 Å². The van der Waals surface area contributed by atoms with Gasteiger partial charge in [0.05, 0.1) is 12.3 Å². The highest BCUT2D eigenvalue weighted by Gasteiger charge is 2.53. The molecule has 0 spiro atoms. The largest absolute Gasteiger partial charge is 0.506 e. The molecule has 2 aromatic rings. The lowest BCUT2D eigenvalue weighted by atomic mass is 10.00. The Labute approximate surface area is 154 Å². The Morgan fingerprint density at radius 3 is 2.74 bits per heavy atom. The zero-order valence-electron chi connectivity index (χ0n) is 14.4. The molecular formula is C19H19N3O5. The molecule has 8 nitrogen and oxygen atoms in total. The third kappa shape index (κ3) is 2.33. The first-order chi connectivity index (χ1) is 13.0. The van der Waals surface area contributed by atoms with E-state index in [0.717, 1.165) is 18.8 Å². The van der Waals surface area contributed by atoms with Gasteiger partial charge in [0.1, 0.15) is 11.5 Å². The van der Waals surface area contributed by atoms with E-state index in [2.05, 4.69) is 9.88 Å². The Morgan fingerprint density at radius 1 is 1.30 bits per heavy atom. The van der Waals surface area contributed by atoms with Crippen LogP contribution in [0.5, 0.6) is 11.5 Å². The molecular weight excluding hydrogens is 350 g/mol. The average molecular weight is 369 g/mol. The van der Waals surface area contributed by atoms with Crippen LogP contribution in [-0.4, -0.2) is 46.9 Å². The fourth-order valence-corrected chi connectivity index (χ4v) is 4.38. The smallest absolute Gasteiger partial charge is 0.345 e. The highest BCUT2D eigenvalue weighted by atomic mass is 16.5. The molecule has 8 heteroatoms. The Bertz CT molecular complexity index is 1020. The van der Waals surface area contributed by atoms with Crippen molar-refractivity contribution in [1.82, 2.24) is 4.98 Å². The summed E-state index contributed by atoms with van der Waals surface area (Å²) in [5, 5.41) is 19.5. The zero-order chi connectivity index (χ0) is 18.9. The van der Waals surface area contributed by atoms with Gasteiger partial charge in [-0.15, -0.1) is 0 Å². The standard InChI is InChI=1S/C19H19N3O5/c20-15-11-6-22(7-12(11)15)8-1-2-9-13(5-8)27-4-3-10-16(9)21-18(24)14(17(10)23)19(25)26/h1-2,5,11-12,15H,3-4,6-7,20H2,(H,25,26)(H2,21,23,24). The molecule has 140 valence electrons. The van der Waals surface area contributed by atoms with Crippen molar-refractivity contribution in [3.63, 3.8) is 0 Å². The second-order valence-corrected chi connectivity index (χ2v) is 7.43. The van der Waals surface area contributed by atoms with Gasteiger partial charge in [-0.1, -0.05) is 0 Å². The van der Waals surface area contributed by atoms with E-state index < -0.39 is 22.8 Å². The van der Waals surface area contributed by atoms with Crippen molar-refractivity contribution in [2.75, 3.05) is 24.6 Å². The number of carboxylic acid groups (broad SMARTS) is 1. The SMILES string of the molecule is NC1C2CN(c3ccc4c(c3)OCCc3c-4[nH]c(=O)c(C(=O)O)c3O)CC12. The van der Waals surface area contributed by atoms with Gasteiger partial charge in [-0.2, -0.15) is 0 Å². The number of aromatic carboxylic acids is 1. The van der Waals surface area contributed by atoms with Crippen LogP contribution < -0.4 is 20.9 Å². The van der Waals surface area contributed by atoms with E-state index >= 15 is 0 Å². The number of pyridine rings is 1. The van der Waals surface area contributed by atoms with Gasteiger partial charge >= 0.3 is 5.97 Å². The number of rotatable bonds is 2. The molecule has 1 aromatic heterocycles. The summed E-state index contributed by atoms with van der Waals surface area (Å²) in [7, 11) is 0. The van der Waals surface area contributed by atoms with E-state index in [0.29, 0.717) is 46.9 Å². The van der Waals surface area contributed by atoms with Crippen LogP contribution in [0.3, 0.4) is 0 Å². The number of nitrogens with zero attached hydrogens (tertiary/aromatic N) is 1. The molecule has 2 aliphatic heterocycles. The molecule has 0 radical (unpaired) electrons. The number of piperidine rings is 1. The lowest BCUT2D eigenvalue weighted by Crippen LogP contribution is -2.27. The number of nitrogens with one attached hydrogen (secondary N) is 1. The van der Waals surface area contributed by atoms with Crippen LogP contribution in [0.15, 0.2) is 23.0 Å². The number of H-pyrrole nitrogens is 1. The Hall–Kier alpha value is -3.00. The van der Waals surface area contributed by atoms with Crippen molar-refractivity contribution < 1.29 is 19.7 Å². The first-order valence-corrected chi connectivity index (χ1v) is 8.95. The number of nitrogens with two attached hydrogens (primary N) is 1. The van der Waals surface area contributed by atoms with Gasteiger partial charge < -0.3 is 30.6 Å². The Balaban J connectivity index is 1.57. The summed E-state index contributed by atoms with van der Waals surface area (Å²) in [4.78, 5) is 28.3. The van der Waals surface area contributed by atoms with E-state index in [-0.39, 0.29) is 6.61 Å². The molecule has 27 heavy (non-hydrogen) atoms. The maximum atomic E-state index is 12.2. The lowest BCUT2D eigenvalue weighted by Gasteiger charge is -2.22. The fourth-order valence-electron chi connectivity index (χ4n) is 4.38. The number of hydrogen-bond acceptors (Lipinski definition) is 6. The summed E-state index contributed by atoms with van der Waals surface area (Å²) >= 11 is 0. The van der Waals surface area contributed by atoms with Crippen LogP contribution in [0.2, 0.25) is 0 Å². The number of aromatic hydroxyl groups is 1. The highest BCUT2D eigenvalue weighted by molar-refractivity contribution is 5.92. The summed E-state index contributed by atoms with van der Waals surface area (Å²) in [6.07, 6.45) is 0.297. The van der Waals surface area contributed by atoms with Crippen molar-refractivity contribution >= 4 is 11.7 Å². The number of aromatic amines is 1. The molecule has 2 unspecified atom stereocenters. The predicted molar refractivity (Wildman–Crippen MR) is 97.5 cm³/mol. The first kappa shape index (κ1) is 16.2. The summed E-state index contributed by atoms with van der Waals surface area (Å²) in [6, 6.07) is 6.05. The van der Waals surface area contributed by atoms with Crippen molar-refractivity contribution in [2.24, 2.45) is 17.6 Å². The number of ether oxygens (including phenoxy) is 1. The number of hydrogen-bond donors (Lipinski definition) is 4. The summed E-state index contributed by atoms with van der Waals surface area (Å²) < 4.78 is 5.85. The Morgan fingerprint density at radius 2 is 2.04 bits per heavy atom. The van der Waals surface area contributed by atoms with E-state index in [1.54, 1.807) is 0 Å². The number of benzene rings is 1. The molecule has 5 rings (SSSR count). The number of carboxylic acids is 1. The number of fused-ring (bicyclic) bond motifs is 4. The summed E-state index contributed by atoms with van der Waals surface area (Å²) in [5.41, 5.74) is 7.00. The molecule has 0 bridgehead atoms. The number of aromatic nitrogens is 1. The van der Waals surface area contributed by atoms with Gasteiger partial charge in [0, 0.05) is 48.4 Å². The molecule has 1 aliphatic carbocycles. The molecule has 1 saturated heterocycles. The molecule has 1 saturated carbocycles. The van der Waals surface area contributed by atoms with Gasteiger partial charge in [0.2, 0.25) is 0 Å². The van der Waals surface area contributed by atoms with E-state index in [4.69, 9.17) is 10.5 Å². The van der Waals surface area contributed by atoms with Crippen LogP contribution in [0.4, 0.5) is 5.69 Å². The third-order valence-electron chi connectivity index (χ3n) is 5.97. The molecule has 2 fully saturated rings. The second kappa shape index (κ2) is 5.50. The van der Waals surface area contributed by atoms with E-state index in [9.17, 15) is 19.8 Å². The Kier molecular flexibility index (Phi) is 3.30. The number of anilines is 1. The van der Waals surface area contributed by atoms with Crippen LogP contribution in [0.25, 0.3) is 11.3 Å². The van der Waals surface area contributed by atoms with Crippen molar-refractivity contribution in [3.8, 4) is 22.8 Å². The molecule has 2 atom stereocenters. The van der Waals surface area contributed by atoms with Gasteiger partial charge in [-0.05, 0) is 24.0 Å². The van der Waals surface area contributed by atoms with E-state index in [1.165, 1.54) is 0 Å². The quantitative estimate of drug-likeness (QED) is 0.615. The highest BCUT2D eigenvalue weighted by Crippen LogP contribution is 2.46. The van der Waals surface area contributed by atoms with Crippen LogP contribution >= 0.6 is 0 Å². The molecule has 0 amide bonds.